The molecule has 29 heavy (non-hydrogen) atoms. The second-order valence-electron chi connectivity index (χ2n) is 6.95. The molecule has 2 aromatic rings. The molecule has 1 amide bonds. The van der Waals surface area contributed by atoms with Crippen LogP contribution in [0.1, 0.15) is 37.7 Å². The second kappa shape index (κ2) is 10.3. The molecule has 0 heterocycles. The third-order valence-electron chi connectivity index (χ3n) is 4.95. The van der Waals surface area contributed by atoms with E-state index in [-0.39, 0.29) is 25.2 Å². The standard InChI is InChI=1S/C23H24N2O4/c24-15-18-9-7-8-14-21(18)28-17-23(27)29-16-22(26)25(19-10-3-1-4-11-19)20-12-5-2-6-13-20/h1,3-4,7-11,14,20H,2,5-6,12-13,16-17H2. The molecule has 0 aromatic heterocycles. The first kappa shape index (κ1) is 20.4. The van der Waals surface area contributed by atoms with Crippen molar-refractivity contribution in [1.29, 1.82) is 5.26 Å². The average Bonchev–Trinajstić information content (AvgIpc) is 2.78. The zero-order valence-electron chi connectivity index (χ0n) is 16.3. The van der Waals surface area contributed by atoms with Crippen molar-refractivity contribution < 1.29 is 19.1 Å². The molecule has 0 unspecified atom stereocenters. The van der Waals surface area contributed by atoms with Crippen LogP contribution in [-0.2, 0) is 14.3 Å². The van der Waals surface area contributed by atoms with Gasteiger partial charge in [-0.1, -0.05) is 49.6 Å². The SMILES string of the molecule is N#Cc1ccccc1OCC(=O)OCC(=O)N(c1ccccc1)C1CCCCC1. The third-order valence-corrected chi connectivity index (χ3v) is 4.95. The fourth-order valence-electron chi connectivity index (χ4n) is 3.56. The molecule has 150 valence electrons. The van der Waals surface area contributed by atoms with E-state index in [1.54, 1.807) is 29.2 Å². The number of anilines is 1. The summed E-state index contributed by atoms with van der Waals surface area (Å²) in [5.74, 6) is -0.581. The highest BCUT2D eigenvalue weighted by atomic mass is 16.6. The summed E-state index contributed by atoms with van der Waals surface area (Å²) in [6, 6.07) is 18.3. The molecular formula is C23H24N2O4. The van der Waals surface area contributed by atoms with Crippen LogP contribution in [0.25, 0.3) is 0 Å². The number of esters is 1. The van der Waals surface area contributed by atoms with E-state index in [1.165, 1.54) is 6.42 Å². The van der Waals surface area contributed by atoms with Gasteiger partial charge in [-0.2, -0.15) is 5.26 Å². The molecule has 0 atom stereocenters. The molecular weight excluding hydrogens is 368 g/mol. The number of ether oxygens (including phenoxy) is 2. The van der Waals surface area contributed by atoms with Crippen molar-refractivity contribution in [2.75, 3.05) is 18.1 Å². The summed E-state index contributed by atoms with van der Waals surface area (Å²) < 4.78 is 10.5. The zero-order chi connectivity index (χ0) is 20.5. The predicted octanol–water partition coefficient (Wildman–Crippen LogP) is 3.85. The van der Waals surface area contributed by atoms with Crippen molar-refractivity contribution in [3.05, 3.63) is 60.2 Å². The van der Waals surface area contributed by atoms with Gasteiger partial charge in [-0.25, -0.2) is 4.79 Å². The van der Waals surface area contributed by atoms with Crippen LogP contribution in [0.3, 0.4) is 0 Å². The van der Waals surface area contributed by atoms with Gasteiger partial charge < -0.3 is 14.4 Å². The van der Waals surface area contributed by atoms with Crippen LogP contribution in [0.15, 0.2) is 54.6 Å². The Morgan fingerprint density at radius 1 is 0.966 bits per heavy atom. The first-order chi connectivity index (χ1) is 14.2. The molecule has 0 bridgehead atoms. The lowest BCUT2D eigenvalue weighted by atomic mass is 9.93. The van der Waals surface area contributed by atoms with Crippen molar-refractivity contribution in [2.45, 2.75) is 38.1 Å². The summed E-state index contributed by atoms with van der Waals surface area (Å²) in [6.07, 6.45) is 5.26. The smallest absolute Gasteiger partial charge is 0.344 e. The fourth-order valence-corrected chi connectivity index (χ4v) is 3.56. The van der Waals surface area contributed by atoms with E-state index in [9.17, 15) is 9.59 Å². The summed E-state index contributed by atoms with van der Waals surface area (Å²) in [5.41, 5.74) is 1.16. The summed E-state index contributed by atoms with van der Waals surface area (Å²) in [5, 5.41) is 9.06. The zero-order valence-corrected chi connectivity index (χ0v) is 16.3. The Hall–Kier alpha value is -3.33. The summed E-state index contributed by atoms with van der Waals surface area (Å²) in [7, 11) is 0. The lowest BCUT2D eigenvalue weighted by Crippen LogP contribution is -2.44. The maximum absolute atomic E-state index is 12.9. The minimum absolute atomic E-state index is 0.121. The number of benzene rings is 2. The second-order valence-corrected chi connectivity index (χ2v) is 6.95. The normalized spacial score (nSPS) is 13.9. The molecule has 1 aliphatic rings. The van der Waals surface area contributed by atoms with E-state index in [4.69, 9.17) is 14.7 Å². The number of nitrogens with zero attached hydrogens (tertiary/aromatic N) is 2. The Labute approximate surface area is 170 Å². The first-order valence-corrected chi connectivity index (χ1v) is 9.83. The van der Waals surface area contributed by atoms with Gasteiger partial charge in [0.15, 0.2) is 13.2 Å². The Morgan fingerprint density at radius 2 is 1.66 bits per heavy atom. The summed E-state index contributed by atoms with van der Waals surface area (Å²) in [6.45, 7) is -0.700. The van der Waals surface area contributed by atoms with Crippen molar-refractivity contribution in [2.24, 2.45) is 0 Å². The van der Waals surface area contributed by atoms with Crippen LogP contribution in [0.2, 0.25) is 0 Å². The molecule has 0 spiro atoms. The Kier molecular flexibility index (Phi) is 7.23. The van der Waals surface area contributed by atoms with Crippen LogP contribution in [0.5, 0.6) is 5.75 Å². The van der Waals surface area contributed by atoms with Crippen molar-refractivity contribution in [1.82, 2.24) is 0 Å². The molecule has 0 aliphatic heterocycles. The number of nitriles is 1. The Bertz CT molecular complexity index is 870. The van der Waals surface area contributed by atoms with E-state index in [1.807, 2.05) is 36.4 Å². The van der Waals surface area contributed by atoms with E-state index >= 15 is 0 Å². The highest BCUT2D eigenvalue weighted by Crippen LogP contribution is 2.27. The number of para-hydroxylation sites is 2. The van der Waals surface area contributed by atoms with Gasteiger partial charge in [0, 0.05) is 11.7 Å². The first-order valence-electron chi connectivity index (χ1n) is 9.83. The largest absolute Gasteiger partial charge is 0.481 e. The topological polar surface area (TPSA) is 79.6 Å². The lowest BCUT2D eigenvalue weighted by molar-refractivity contribution is -0.149. The molecule has 1 aliphatic carbocycles. The minimum Gasteiger partial charge on any atom is -0.481 e. The summed E-state index contributed by atoms with van der Waals surface area (Å²) in [4.78, 5) is 26.7. The minimum atomic E-state index is -0.650. The lowest BCUT2D eigenvalue weighted by Gasteiger charge is -2.34. The number of hydrogen-bond donors (Lipinski definition) is 0. The molecule has 2 aromatic carbocycles. The molecule has 1 saturated carbocycles. The van der Waals surface area contributed by atoms with Crippen LogP contribution in [-0.4, -0.2) is 31.1 Å². The van der Waals surface area contributed by atoms with E-state index < -0.39 is 5.97 Å². The summed E-state index contributed by atoms with van der Waals surface area (Å²) >= 11 is 0. The van der Waals surface area contributed by atoms with Gasteiger partial charge >= 0.3 is 5.97 Å². The van der Waals surface area contributed by atoms with Gasteiger partial charge in [-0.15, -0.1) is 0 Å². The molecule has 0 saturated heterocycles. The highest BCUT2D eigenvalue weighted by molar-refractivity contribution is 5.95. The van der Waals surface area contributed by atoms with E-state index in [0.717, 1.165) is 31.4 Å². The van der Waals surface area contributed by atoms with Crippen LogP contribution in [0, 0.1) is 11.3 Å². The molecule has 6 nitrogen and oxygen atoms in total. The van der Waals surface area contributed by atoms with Gasteiger partial charge in [0.25, 0.3) is 5.91 Å². The number of carbonyl (C=O) groups excluding carboxylic acids is 2. The van der Waals surface area contributed by atoms with Crippen molar-refractivity contribution in [3.63, 3.8) is 0 Å². The molecule has 1 fully saturated rings. The van der Waals surface area contributed by atoms with Gasteiger partial charge in [0.2, 0.25) is 0 Å². The average molecular weight is 392 g/mol. The maximum atomic E-state index is 12.9. The Balaban J connectivity index is 1.58. The van der Waals surface area contributed by atoms with Gasteiger partial charge in [0.05, 0.1) is 5.56 Å². The van der Waals surface area contributed by atoms with Crippen LogP contribution in [0.4, 0.5) is 5.69 Å². The number of carbonyl (C=O) groups is 2. The van der Waals surface area contributed by atoms with Gasteiger partial charge in [-0.3, -0.25) is 4.79 Å². The van der Waals surface area contributed by atoms with Gasteiger partial charge in [0.1, 0.15) is 11.8 Å². The highest BCUT2D eigenvalue weighted by Gasteiger charge is 2.27. The van der Waals surface area contributed by atoms with E-state index in [2.05, 4.69) is 0 Å². The van der Waals surface area contributed by atoms with Crippen molar-refractivity contribution in [3.8, 4) is 11.8 Å². The van der Waals surface area contributed by atoms with Crippen LogP contribution >= 0.6 is 0 Å². The third kappa shape index (κ3) is 5.58. The molecule has 6 heteroatoms. The molecule has 0 radical (unpaired) electrons. The fraction of sp³-hybridized carbons (Fsp3) is 0.348. The van der Waals surface area contributed by atoms with Crippen molar-refractivity contribution >= 4 is 17.6 Å². The van der Waals surface area contributed by atoms with Crippen LogP contribution < -0.4 is 9.64 Å². The number of amides is 1. The van der Waals surface area contributed by atoms with Gasteiger partial charge in [-0.05, 0) is 37.1 Å². The quantitative estimate of drug-likeness (QED) is 0.669. The van der Waals surface area contributed by atoms with E-state index in [0.29, 0.717) is 11.3 Å². The maximum Gasteiger partial charge on any atom is 0.344 e. The monoisotopic (exact) mass is 392 g/mol. The number of rotatable bonds is 7. The molecule has 0 N–H and O–H groups in total. The predicted molar refractivity (Wildman–Crippen MR) is 108 cm³/mol. The molecule has 3 rings (SSSR count). The Morgan fingerprint density at radius 3 is 2.38 bits per heavy atom. The number of hydrogen-bond acceptors (Lipinski definition) is 5.